The molecule has 7 heteroatoms. The van der Waals surface area contributed by atoms with E-state index in [1.807, 2.05) is 26.0 Å². The normalized spacial score (nSPS) is 13.9. The van der Waals surface area contributed by atoms with E-state index in [4.69, 9.17) is 0 Å². The zero-order valence-electron chi connectivity index (χ0n) is 17.6. The molecule has 1 aromatic carbocycles. The quantitative estimate of drug-likeness (QED) is 0.361. The molecule has 0 saturated heterocycles. The monoisotopic (exact) mass is 396 g/mol. The van der Waals surface area contributed by atoms with E-state index < -0.39 is 10.0 Å². The fourth-order valence-corrected chi connectivity index (χ4v) is 3.98. The molecule has 0 fully saturated rings. The lowest BCUT2D eigenvalue weighted by Gasteiger charge is -2.21. The minimum atomic E-state index is -3.44. The van der Waals surface area contributed by atoms with Crippen molar-refractivity contribution in [2.45, 2.75) is 76.9 Å². The highest BCUT2D eigenvalue weighted by atomic mass is 32.2. The van der Waals surface area contributed by atoms with Crippen molar-refractivity contribution >= 4 is 16.0 Å². The van der Waals surface area contributed by atoms with E-state index in [2.05, 4.69) is 29.5 Å². The number of nitrogens with one attached hydrogen (secondary N) is 2. The average Bonchev–Trinajstić information content (AvgIpc) is 2.64. The van der Waals surface area contributed by atoms with Gasteiger partial charge in [-0.2, -0.15) is 4.31 Å². The van der Waals surface area contributed by atoms with Crippen LogP contribution in [0.25, 0.3) is 0 Å². The molecule has 1 rings (SSSR count). The van der Waals surface area contributed by atoms with Crippen molar-refractivity contribution in [2.75, 3.05) is 14.1 Å². The Labute approximate surface area is 165 Å². The van der Waals surface area contributed by atoms with Crippen LogP contribution in [0.3, 0.4) is 0 Å². The second kappa shape index (κ2) is 11.3. The van der Waals surface area contributed by atoms with Gasteiger partial charge < -0.3 is 10.6 Å². The summed E-state index contributed by atoms with van der Waals surface area (Å²) in [6.45, 7) is 8.67. The van der Waals surface area contributed by atoms with Gasteiger partial charge in [-0.3, -0.25) is 4.99 Å². The van der Waals surface area contributed by atoms with Crippen LogP contribution in [0.2, 0.25) is 0 Å². The average molecular weight is 397 g/mol. The van der Waals surface area contributed by atoms with Gasteiger partial charge in [-0.05, 0) is 44.9 Å². The number of benzene rings is 1. The first-order valence-electron chi connectivity index (χ1n) is 9.76. The van der Waals surface area contributed by atoms with E-state index >= 15 is 0 Å². The first kappa shape index (κ1) is 23.4. The minimum Gasteiger partial charge on any atom is -0.354 e. The van der Waals surface area contributed by atoms with Gasteiger partial charge in [0, 0.05) is 32.7 Å². The van der Waals surface area contributed by atoms with Gasteiger partial charge in [0.25, 0.3) is 0 Å². The maximum absolute atomic E-state index is 12.5. The Balaban J connectivity index is 2.62. The Morgan fingerprint density at radius 3 is 2.30 bits per heavy atom. The molecule has 0 saturated carbocycles. The molecular weight excluding hydrogens is 360 g/mol. The lowest BCUT2D eigenvalue weighted by molar-refractivity contribution is 0.410. The van der Waals surface area contributed by atoms with E-state index in [1.165, 1.54) is 23.6 Å². The molecule has 2 N–H and O–H groups in total. The summed E-state index contributed by atoms with van der Waals surface area (Å²) in [6.07, 6.45) is 4.80. The molecule has 154 valence electrons. The largest absolute Gasteiger partial charge is 0.354 e. The van der Waals surface area contributed by atoms with Gasteiger partial charge in [0.1, 0.15) is 0 Å². The summed E-state index contributed by atoms with van der Waals surface area (Å²) in [5.74, 6) is 0.759. The Hall–Kier alpha value is -1.60. The number of hydrogen-bond acceptors (Lipinski definition) is 3. The smallest absolute Gasteiger partial charge is 0.243 e. The standard InChI is InChI=1S/C20H36N4O2S/c1-7-8-9-10-17(4)23-20(21-5)22-15-18-11-13-19(14-12-18)27(25,26)24(6)16(2)3/h11-14,16-17H,7-10,15H2,1-6H3,(H2,21,22,23). The van der Waals surface area contributed by atoms with Crippen LogP contribution in [0.1, 0.15) is 58.9 Å². The maximum atomic E-state index is 12.5. The van der Waals surface area contributed by atoms with Gasteiger partial charge in [0.2, 0.25) is 10.0 Å². The third kappa shape index (κ3) is 7.50. The van der Waals surface area contributed by atoms with Crippen LogP contribution in [0, 0.1) is 0 Å². The van der Waals surface area contributed by atoms with Crippen LogP contribution >= 0.6 is 0 Å². The molecule has 0 heterocycles. The van der Waals surface area contributed by atoms with Crippen molar-refractivity contribution in [3.8, 4) is 0 Å². The Morgan fingerprint density at radius 2 is 1.78 bits per heavy atom. The molecule has 0 aliphatic rings. The fraction of sp³-hybridized carbons (Fsp3) is 0.650. The van der Waals surface area contributed by atoms with Crippen LogP contribution in [0.4, 0.5) is 0 Å². The molecular formula is C20H36N4O2S. The summed E-state index contributed by atoms with van der Waals surface area (Å²) in [5.41, 5.74) is 1.00. The van der Waals surface area contributed by atoms with E-state index in [0.717, 1.165) is 17.9 Å². The molecule has 0 aromatic heterocycles. The van der Waals surface area contributed by atoms with Crippen LogP contribution < -0.4 is 10.6 Å². The highest BCUT2D eigenvalue weighted by molar-refractivity contribution is 7.89. The van der Waals surface area contributed by atoms with E-state index in [1.54, 1.807) is 26.2 Å². The number of sulfonamides is 1. The zero-order valence-corrected chi connectivity index (χ0v) is 18.4. The van der Waals surface area contributed by atoms with Crippen LogP contribution in [-0.2, 0) is 16.6 Å². The Morgan fingerprint density at radius 1 is 1.15 bits per heavy atom. The first-order chi connectivity index (χ1) is 12.7. The molecule has 0 aliphatic heterocycles. The van der Waals surface area contributed by atoms with Gasteiger partial charge in [0.15, 0.2) is 5.96 Å². The highest BCUT2D eigenvalue weighted by Gasteiger charge is 2.22. The number of guanidine groups is 1. The summed E-state index contributed by atoms with van der Waals surface area (Å²) in [7, 11) is -0.0817. The zero-order chi connectivity index (χ0) is 20.4. The summed E-state index contributed by atoms with van der Waals surface area (Å²) in [6, 6.07) is 7.29. The summed E-state index contributed by atoms with van der Waals surface area (Å²) >= 11 is 0. The van der Waals surface area contributed by atoms with Crippen LogP contribution in [-0.4, -0.2) is 44.9 Å². The highest BCUT2D eigenvalue weighted by Crippen LogP contribution is 2.17. The van der Waals surface area contributed by atoms with Crippen molar-refractivity contribution in [3.63, 3.8) is 0 Å². The molecule has 1 unspecified atom stereocenters. The van der Waals surface area contributed by atoms with E-state index in [-0.39, 0.29) is 6.04 Å². The fourth-order valence-electron chi connectivity index (χ4n) is 2.61. The molecule has 0 bridgehead atoms. The first-order valence-corrected chi connectivity index (χ1v) is 11.2. The SMILES string of the molecule is CCCCCC(C)NC(=NC)NCc1ccc(S(=O)(=O)N(C)C(C)C)cc1. The number of nitrogens with zero attached hydrogens (tertiary/aromatic N) is 2. The van der Waals surface area contributed by atoms with Gasteiger partial charge in [-0.15, -0.1) is 0 Å². The molecule has 0 spiro atoms. The minimum absolute atomic E-state index is 0.0787. The van der Waals surface area contributed by atoms with Crippen molar-refractivity contribution in [1.29, 1.82) is 0 Å². The Kier molecular flexibility index (Phi) is 9.80. The summed E-state index contributed by atoms with van der Waals surface area (Å²) < 4.78 is 26.4. The number of unbranched alkanes of at least 4 members (excludes halogenated alkanes) is 2. The van der Waals surface area contributed by atoms with E-state index in [0.29, 0.717) is 17.5 Å². The lowest BCUT2D eigenvalue weighted by Crippen LogP contribution is -2.41. The topological polar surface area (TPSA) is 73.8 Å². The summed E-state index contributed by atoms with van der Waals surface area (Å²) in [4.78, 5) is 4.58. The molecule has 6 nitrogen and oxygen atoms in total. The van der Waals surface area contributed by atoms with Crippen molar-refractivity contribution < 1.29 is 8.42 Å². The third-order valence-electron chi connectivity index (χ3n) is 4.63. The van der Waals surface area contributed by atoms with Crippen molar-refractivity contribution in [1.82, 2.24) is 14.9 Å². The van der Waals surface area contributed by atoms with Crippen molar-refractivity contribution in [2.24, 2.45) is 4.99 Å². The van der Waals surface area contributed by atoms with Gasteiger partial charge >= 0.3 is 0 Å². The maximum Gasteiger partial charge on any atom is 0.243 e. The van der Waals surface area contributed by atoms with Crippen LogP contribution in [0.15, 0.2) is 34.2 Å². The third-order valence-corrected chi connectivity index (χ3v) is 6.68. The molecule has 0 aliphatic carbocycles. The van der Waals surface area contributed by atoms with Crippen LogP contribution in [0.5, 0.6) is 0 Å². The van der Waals surface area contributed by atoms with Crippen molar-refractivity contribution in [3.05, 3.63) is 29.8 Å². The van der Waals surface area contributed by atoms with Gasteiger partial charge in [-0.1, -0.05) is 38.3 Å². The molecule has 27 heavy (non-hydrogen) atoms. The second-order valence-electron chi connectivity index (χ2n) is 7.23. The predicted octanol–water partition coefficient (Wildman–Crippen LogP) is 3.35. The van der Waals surface area contributed by atoms with Gasteiger partial charge in [-0.25, -0.2) is 8.42 Å². The van der Waals surface area contributed by atoms with E-state index in [9.17, 15) is 8.42 Å². The predicted molar refractivity (Wildman–Crippen MR) is 113 cm³/mol. The Bertz CT molecular complexity index is 684. The lowest BCUT2D eigenvalue weighted by atomic mass is 10.1. The molecule has 0 radical (unpaired) electrons. The molecule has 1 aromatic rings. The number of rotatable bonds is 10. The second-order valence-corrected chi connectivity index (χ2v) is 9.22. The summed E-state index contributed by atoms with van der Waals surface area (Å²) in [5, 5.41) is 6.68. The van der Waals surface area contributed by atoms with Gasteiger partial charge in [0.05, 0.1) is 4.90 Å². The number of aliphatic imine (C=N–C) groups is 1. The molecule has 0 amide bonds. The number of hydrogen-bond donors (Lipinski definition) is 2. The molecule has 1 atom stereocenters.